The Kier molecular flexibility index (Phi) is 4.48. The van der Waals surface area contributed by atoms with Crippen molar-refractivity contribution < 1.29 is 9.13 Å². The van der Waals surface area contributed by atoms with Crippen LogP contribution in [0.3, 0.4) is 0 Å². The molecule has 3 rings (SSSR count). The van der Waals surface area contributed by atoms with Crippen LogP contribution in [0.1, 0.15) is 11.1 Å². The lowest BCUT2D eigenvalue weighted by Crippen LogP contribution is -2.23. The van der Waals surface area contributed by atoms with Crippen molar-refractivity contribution in [1.29, 1.82) is 0 Å². The predicted octanol–water partition coefficient (Wildman–Crippen LogP) is 2.76. The summed E-state index contributed by atoms with van der Waals surface area (Å²) in [5, 5.41) is 7.57. The molecule has 2 aromatic carbocycles. The van der Waals surface area contributed by atoms with Gasteiger partial charge < -0.3 is 4.74 Å². The van der Waals surface area contributed by atoms with Crippen molar-refractivity contribution in [2.75, 3.05) is 0 Å². The number of halogens is 2. The lowest BCUT2D eigenvalue weighted by atomic mass is 10.1. The standard InChI is InChI=1S/C16H14BrFN4O2/c1-10-5-3-7-13(22-16(23)21(2)19-20-22)11(10)9-24-14-8-4-6-12(17)15(14)18/h3-8H,9H2,1-2H3. The zero-order chi connectivity index (χ0) is 17.3. The first-order valence-corrected chi connectivity index (χ1v) is 7.93. The van der Waals surface area contributed by atoms with Crippen LogP contribution in [-0.2, 0) is 13.7 Å². The van der Waals surface area contributed by atoms with E-state index in [9.17, 15) is 9.18 Å². The molecule has 0 saturated heterocycles. The Labute approximate surface area is 145 Å². The van der Waals surface area contributed by atoms with Crippen molar-refractivity contribution in [2.24, 2.45) is 7.05 Å². The summed E-state index contributed by atoms with van der Waals surface area (Å²) < 4.78 is 22.3. The fraction of sp³-hybridized carbons (Fsp3) is 0.188. The molecule has 0 aliphatic rings. The highest BCUT2D eigenvalue weighted by atomic mass is 79.9. The zero-order valence-corrected chi connectivity index (χ0v) is 14.6. The number of hydrogen-bond donors (Lipinski definition) is 0. The third-order valence-corrected chi connectivity index (χ3v) is 4.24. The normalized spacial score (nSPS) is 10.8. The molecule has 0 aliphatic carbocycles. The number of aryl methyl sites for hydroxylation is 2. The molecule has 0 radical (unpaired) electrons. The average Bonchev–Trinajstić information content (AvgIpc) is 2.89. The number of tetrazole rings is 1. The van der Waals surface area contributed by atoms with Gasteiger partial charge in [-0.1, -0.05) is 18.2 Å². The Morgan fingerprint density at radius 2 is 1.96 bits per heavy atom. The summed E-state index contributed by atoms with van der Waals surface area (Å²) in [6, 6.07) is 10.3. The monoisotopic (exact) mass is 392 g/mol. The molecule has 0 fully saturated rings. The van der Waals surface area contributed by atoms with Crippen LogP contribution < -0.4 is 10.4 Å². The number of ether oxygens (including phenoxy) is 1. The van der Waals surface area contributed by atoms with E-state index in [0.717, 1.165) is 15.8 Å². The smallest absolute Gasteiger partial charge is 0.368 e. The van der Waals surface area contributed by atoms with Gasteiger partial charge in [-0.3, -0.25) is 0 Å². The molecule has 24 heavy (non-hydrogen) atoms. The van der Waals surface area contributed by atoms with E-state index in [4.69, 9.17) is 4.74 Å². The van der Waals surface area contributed by atoms with E-state index in [1.807, 2.05) is 19.1 Å². The van der Waals surface area contributed by atoms with Gasteiger partial charge in [0.15, 0.2) is 11.6 Å². The number of nitrogens with zero attached hydrogens (tertiary/aromatic N) is 4. The maximum atomic E-state index is 14.0. The van der Waals surface area contributed by atoms with E-state index in [2.05, 4.69) is 26.4 Å². The van der Waals surface area contributed by atoms with Gasteiger partial charge in [0.05, 0.1) is 10.2 Å². The van der Waals surface area contributed by atoms with E-state index in [0.29, 0.717) is 10.2 Å². The molecule has 6 nitrogen and oxygen atoms in total. The number of rotatable bonds is 4. The topological polar surface area (TPSA) is 61.9 Å². The summed E-state index contributed by atoms with van der Waals surface area (Å²) >= 11 is 3.13. The quantitative estimate of drug-likeness (QED) is 0.684. The van der Waals surface area contributed by atoms with Crippen molar-refractivity contribution in [1.82, 2.24) is 19.8 Å². The molecule has 0 N–H and O–H groups in total. The Bertz CT molecular complexity index is 951. The highest BCUT2D eigenvalue weighted by Crippen LogP contribution is 2.26. The van der Waals surface area contributed by atoms with Crippen molar-refractivity contribution in [3.63, 3.8) is 0 Å². The molecule has 0 bridgehead atoms. The summed E-state index contributed by atoms with van der Waals surface area (Å²) in [7, 11) is 1.52. The number of hydrogen-bond acceptors (Lipinski definition) is 4. The van der Waals surface area contributed by atoms with Crippen LogP contribution in [0.15, 0.2) is 45.7 Å². The molecule has 0 amide bonds. The second kappa shape index (κ2) is 6.56. The van der Waals surface area contributed by atoms with E-state index in [1.54, 1.807) is 24.3 Å². The SMILES string of the molecule is Cc1cccc(-n2nnn(C)c2=O)c1COc1cccc(Br)c1F. The summed E-state index contributed by atoms with van der Waals surface area (Å²) in [6.07, 6.45) is 0. The van der Waals surface area contributed by atoms with E-state index < -0.39 is 5.82 Å². The molecule has 3 aromatic rings. The first-order valence-electron chi connectivity index (χ1n) is 7.13. The third kappa shape index (κ3) is 2.96. The van der Waals surface area contributed by atoms with Gasteiger partial charge in [0.25, 0.3) is 0 Å². The summed E-state index contributed by atoms with van der Waals surface area (Å²) in [4.78, 5) is 12.1. The molecule has 1 heterocycles. The van der Waals surface area contributed by atoms with Crippen molar-refractivity contribution in [3.8, 4) is 11.4 Å². The molecule has 1 aromatic heterocycles. The van der Waals surface area contributed by atoms with E-state index in [1.165, 1.54) is 11.7 Å². The minimum atomic E-state index is -0.468. The lowest BCUT2D eigenvalue weighted by molar-refractivity contribution is 0.288. The highest BCUT2D eigenvalue weighted by molar-refractivity contribution is 9.10. The molecule has 0 atom stereocenters. The fourth-order valence-electron chi connectivity index (χ4n) is 2.28. The third-order valence-electron chi connectivity index (χ3n) is 3.62. The van der Waals surface area contributed by atoms with Gasteiger partial charge in [0, 0.05) is 12.6 Å². The van der Waals surface area contributed by atoms with Crippen molar-refractivity contribution >= 4 is 15.9 Å². The molecule has 124 valence electrons. The van der Waals surface area contributed by atoms with Crippen LogP contribution in [0.4, 0.5) is 4.39 Å². The summed E-state index contributed by atoms with van der Waals surface area (Å²) in [6.45, 7) is 1.99. The second-order valence-electron chi connectivity index (χ2n) is 5.21. The van der Waals surface area contributed by atoms with Crippen molar-refractivity contribution in [2.45, 2.75) is 13.5 Å². The largest absolute Gasteiger partial charge is 0.486 e. The second-order valence-corrected chi connectivity index (χ2v) is 6.06. The maximum Gasteiger partial charge on any atom is 0.368 e. The molecule has 0 saturated carbocycles. The zero-order valence-electron chi connectivity index (χ0n) is 13.0. The average molecular weight is 393 g/mol. The van der Waals surface area contributed by atoms with Crippen LogP contribution in [0, 0.1) is 12.7 Å². The van der Waals surface area contributed by atoms with Crippen LogP contribution in [0.5, 0.6) is 5.75 Å². The van der Waals surface area contributed by atoms with Gasteiger partial charge in [0.1, 0.15) is 6.61 Å². The van der Waals surface area contributed by atoms with E-state index >= 15 is 0 Å². The van der Waals surface area contributed by atoms with Gasteiger partial charge in [0.2, 0.25) is 0 Å². The van der Waals surface area contributed by atoms with Gasteiger partial charge in [-0.25, -0.2) is 9.18 Å². The molecular formula is C16H14BrFN4O2. The van der Waals surface area contributed by atoms with Gasteiger partial charge in [-0.15, -0.1) is 0 Å². The molecule has 8 heteroatoms. The Morgan fingerprint density at radius 3 is 2.67 bits per heavy atom. The molecule has 0 unspecified atom stereocenters. The minimum absolute atomic E-state index is 0.0956. The van der Waals surface area contributed by atoms with Crippen LogP contribution in [0.2, 0.25) is 0 Å². The van der Waals surface area contributed by atoms with Crippen molar-refractivity contribution in [3.05, 3.63) is 68.3 Å². The molecule has 0 spiro atoms. The van der Waals surface area contributed by atoms with Gasteiger partial charge in [-0.2, -0.15) is 9.36 Å². The first kappa shape index (κ1) is 16.4. The Hall–Kier alpha value is -2.48. The summed E-state index contributed by atoms with van der Waals surface area (Å²) in [5.41, 5.74) is 1.83. The van der Waals surface area contributed by atoms with Crippen LogP contribution >= 0.6 is 15.9 Å². The van der Waals surface area contributed by atoms with Crippen LogP contribution in [0.25, 0.3) is 5.69 Å². The Balaban J connectivity index is 1.98. The minimum Gasteiger partial charge on any atom is -0.486 e. The lowest BCUT2D eigenvalue weighted by Gasteiger charge is -2.13. The number of aromatic nitrogens is 4. The maximum absolute atomic E-state index is 14.0. The highest BCUT2D eigenvalue weighted by Gasteiger charge is 2.14. The van der Waals surface area contributed by atoms with Crippen LogP contribution in [-0.4, -0.2) is 19.8 Å². The number of benzene rings is 2. The molecule has 0 aliphatic heterocycles. The van der Waals surface area contributed by atoms with E-state index in [-0.39, 0.29) is 18.0 Å². The Morgan fingerprint density at radius 1 is 1.21 bits per heavy atom. The predicted molar refractivity (Wildman–Crippen MR) is 89.8 cm³/mol. The fourth-order valence-corrected chi connectivity index (χ4v) is 2.63. The summed E-state index contributed by atoms with van der Waals surface area (Å²) in [5.74, 6) is -0.339. The van der Waals surface area contributed by atoms with Gasteiger partial charge in [-0.05, 0) is 57.0 Å². The molecular weight excluding hydrogens is 379 g/mol. The van der Waals surface area contributed by atoms with Gasteiger partial charge >= 0.3 is 5.69 Å². The first-order chi connectivity index (χ1) is 11.5.